The predicted octanol–water partition coefficient (Wildman–Crippen LogP) is -0.246. The van der Waals surface area contributed by atoms with Gasteiger partial charge in [0.2, 0.25) is 0 Å². The summed E-state index contributed by atoms with van der Waals surface area (Å²) in [5.41, 5.74) is 5.01. The van der Waals surface area contributed by atoms with Crippen molar-refractivity contribution in [3.8, 4) is 0 Å². The van der Waals surface area contributed by atoms with E-state index >= 15 is 0 Å². The fraction of sp³-hybridized carbons (Fsp3) is 0.500. The Morgan fingerprint density at radius 1 is 1.53 bits per heavy atom. The highest BCUT2D eigenvalue weighted by atomic mass is 15.3. The van der Waals surface area contributed by atoms with Gasteiger partial charge < -0.3 is 15.7 Å². The predicted molar refractivity (Wildman–Crippen MR) is 63.1 cm³/mol. The molecule has 15 heavy (non-hydrogen) atoms. The molecule has 0 unspecified atom stereocenters. The SMILES string of the molecule is CN(C)/C=C(\C=[N+](C)C)C1=NNCC1=N. The van der Waals surface area contributed by atoms with Crippen LogP contribution in [0, 0.1) is 5.41 Å². The Bertz CT molecular complexity index is 345. The van der Waals surface area contributed by atoms with E-state index in [1.54, 1.807) is 0 Å². The lowest BCUT2D eigenvalue weighted by molar-refractivity contribution is -0.458. The van der Waals surface area contributed by atoms with Crippen LogP contribution < -0.4 is 5.43 Å². The molecular weight excluding hydrogens is 190 g/mol. The molecule has 0 amide bonds. The van der Waals surface area contributed by atoms with Gasteiger partial charge in [0.05, 0.1) is 17.8 Å². The van der Waals surface area contributed by atoms with E-state index in [1.807, 2.05) is 50.1 Å². The Labute approximate surface area is 90.3 Å². The number of nitrogens with zero attached hydrogens (tertiary/aromatic N) is 3. The average Bonchev–Trinajstić information content (AvgIpc) is 2.48. The van der Waals surface area contributed by atoms with Crippen LogP contribution >= 0.6 is 0 Å². The van der Waals surface area contributed by atoms with Crippen molar-refractivity contribution in [1.29, 1.82) is 5.41 Å². The highest BCUT2D eigenvalue weighted by molar-refractivity contribution is 6.52. The molecule has 0 spiro atoms. The molecule has 0 atom stereocenters. The standard InChI is InChI=1S/C10H18N5/c1-14(2)6-8(7-15(3)4)10-9(11)5-12-13-10/h6-7,11-12H,5H2,1-4H3/q+1. The minimum Gasteiger partial charge on any atom is -0.383 e. The molecule has 0 radical (unpaired) electrons. The van der Waals surface area contributed by atoms with E-state index in [-0.39, 0.29) is 0 Å². The maximum absolute atomic E-state index is 7.73. The summed E-state index contributed by atoms with van der Waals surface area (Å²) >= 11 is 0. The normalized spacial score (nSPS) is 15.9. The van der Waals surface area contributed by atoms with Gasteiger partial charge in [0.15, 0.2) is 6.21 Å². The van der Waals surface area contributed by atoms with Gasteiger partial charge in [0.1, 0.15) is 19.8 Å². The van der Waals surface area contributed by atoms with Crippen molar-refractivity contribution in [2.45, 2.75) is 0 Å². The van der Waals surface area contributed by atoms with Crippen molar-refractivity contribution in [3.05, 3.63) is 11.8 Å². The van der Waals surface area contributed by atoms with E-state index in [4.69, 9.17) is 5.41 Å². The largest absolute Gasteiger partial charge is 0.383 e. The van der Waals surface area contributed by atoms with E-state index in [9.17, 15) is 0 Å². The summed E-state index contributed by atoms with van der Waals surface area (Å²) in [7, 11) is 7.82. The van der Waals surface area contributed by atoms with Crippen molar-refractivity contribution in [2.75, 3.05) is 34.7 Å². The molecule has 0 saturated carbocycles. The third kappa shape index (κ3) is 3.19. The number of rotatable bonds is 3. The summed E-state index contributed by atoms with van der Waals surface area (Å²) in [6.45, 7) is 0.515. The van der Waals surface area contributed by atoms with Gasteiger partial charge in [-0.05, 0) is 0 Å². The zero-order valence-corrected chi connectivity index (χ0v) is 9.70. The molecular formula is C10H18N5+. The molecule has 2 N–H and O–H groups in total. The van der Waals surface area contributed by atoms with Crippen LogP contribution in [0.1, 0.15) is 0 Å². The second kappa shape index (κ2) is 4.72. The average molecular weight is 208 g/mol. The van der Waals surface area contributed by atoms with Crippen LogP contribution in [0.2, 0.25) is 0 Å². The first-order valence-corrected chi connectivity index (χ1v) is 4.79. The summed E-state index contributed by atoms with van der Waals surface area (Å²) in [4.78, 5) is 1.95. The molecule has 0 fully saturated rings. The highest BCUT2D eigenvalue weighted by Crippen LogP contribution is 2.02. The Balaban J connectivity index is 3.02. The number of allylic oxidation sites excluding steroid dienone is 1. The van der Waals surface area contributed by atoms with E-state index in [2.05, 4.69) is 10.5 Å². The van der Waals surface area contributed by atoms with Gasteiger partial charge >= 0.3 is 0 Å². The molecule has 1 aliphatic heterocycles. The van der Waals surface area contributed by atoms with E-state index in [0.29, 0.717) is 12.3 Å². The molecule has 0 saturated heterocycles. The van der Waals surface area contributed by atoms with Crippen LogP contribution in [-0.4, -0.2) is 61.8 Å². The molecule has 0 aromatic carbocycles. The van der Waals surface area contributed by atoms with Crippen LogP contribution in [0.15, 0.2) is 16.9 Å². The van der Waals surface area contributed by atoms with Crippen molar-refractivity contribution in [1.82, 2.24) is 10.3 Å². The molecule has 5 heteroatoms. The zero-order chi connectivity index (χ0) is 11.4. The minimum atomic E-state index is 0.515. The van der Waals surface area contributed by atoms with E-state index in [1.165, 1.54) is 0 Å². The second-order valence-electron chi connectivity index (χ2n) is 3.91. The van der Waals surface area contributed by atoms with Gasteiger partial charge in [0.25, 0.3) is 0 Å². The summed E-state index contributed by atoms with van der Waals surface area (Å²) in [6.07, 6.45) is 3.92. The number of hydrazone groups is 1. The lowest BCUT2D eigenvalue weighted by Gasteiger charge is -2.06. The third-order valence-corrected chi connectivity index (χ3v) is 1.80. The lowest BCUT2D eigenvalue weighted by atomic mass is 10.1. The molecule has 0 aromatic rings. The molecule has 82 valence electrons. The van der Waals surface area contributed by atoms with Gasteiger partial charge in [-0.25, -0.2) is 4.58 Å². The minimum absolute atomic E-state index is 0.515. The molecule has 0 bridgehead atoms. The maximum Gasteiger partial charge on any atom is 0.174 e. The van der Waals surface area contributed by atoms with Crippen LogP contribution in [0.4, 0.5) is 0 Å². The van der Waals surface area contributed by atoms with Crippen molar-refractivity contribution in [2.24, 2.45) is 5.10 Å². The number of hydrogen-bond acceptors (Lipinski definition) is 4. The Morgan fingerprint density at radius 2 is 2.20 bits per heavy atom. The summed E-state index contributed by atoms with van der Waals surface area (Å²) in [5, 5.41) is 11.8. The van der Waals surface area contributed by atoms with Crippen LogP contribution in [0.25, 0.3) is 0 Å². The van der Waals surface area contributed by atoms with Gasteiger partial charge in [-0.15, -0.1) is 0 Å². The van der Waals surface area contributed by atoms with Crippen molar-refractivity contribution in [3.63, 3.8) is 0 Å². The van der Waals surface area contributed by atoms with Crippen molar-refractivity contribution < 1.29 is 4.58 Å². The Hall–Kier alpha value is -1.65. The molecule has 1 heterocycles. The van der Waals surface area contributed by atoms with Crippen LogP contribution in [0.5, 0.6) is 0 Å². The van der Waals surface area contributed by atoms with Crippen LogP contribution in [-0.2, 0) is 0 Å². The van der Waals surface area contributed by atoms with Crippen molar-refractivity contribution >= 4 is 17.6 Å². The molecule has 1 rings (SSSR count). The van der Waals surface area contributed by atoms with Crippen LogP contribution in [0.3, 0.4) is 0 Å². The second-order valence-corrected chi connectivity index (χ2v) is 3.91. The van der Waals surface area contributed by atoms with Gasteiger partial charge in [-0.2, -0.15) is 5.10 Å². The van der Waals surface area contributed by atoms with E-state index < -0.39 is 0 Å². The van der Waals surface area contributed by atoms with Gasteiger partial charge in [0, 0.05) is 20.3 Å². The highest BCUT2D eigenvalue weighted by Gasteiger charge is 2.18. The van der Waals surface area contributed by atoms with E-state index in [0.717, 1.165) is 11.3 Å². The monoisotopic (exact) mass is 208 g/mol. The quantitative estimate of drug-likeness (QED) is 0.496. The third-order valence-electron chi connectivity index (χ3n) is 1.80. The first kappa shape index (κ1) is 11.4. The Kier molecular flexibility index (Phi) is 3.60. The fourth-order valence-electron chi connectivity index (χ4n) is 1.30. The molecule has 0 aromatic heterocycles. The lowest BCUT2D eigenvalue weighted by Crippen LogP contribution is -2.20. The Morgan fingerprint density at radius 3 is 2.60 bits per heavy atom. The van der Waals surface area contributed by atoms with Gasteiger partial charge in [-0.1, -0.05) is 0 Å². The van der Waals surface area contributed by atoms with Gasteiger partial charge in [-0.3, -0.25) is 0 Å². The summed E-state index contributed by atoms with van der Waals surface area (Å²) in [6, 6.07) is 0. The summed E-state index contributed by atoms with van der Waals surface area (Å²) in [5.74, 6) is 0. The molecule has 1 aliphatic rings. The molecule has 0 aliphatic carbocycles. The zero-order valence-electron chi connectivity index (χ0n) is 9.70. The molecule has 5 nitrogen and oxygen atoms in total. The topological polar surface area (TPSA) is 54.5 Å². The first-order valence-electron chi connectivity index (χ1n) is 4.79. The number of nitrogens with one attached hydrogen (secondary N) is 2. The summed E-state index contributed by atoms with van der Waals surface area (Å²) < 4.78 is 1.95. The number of hydrogen-bond donors (Lipinski definition) is 2. The first-order chi connectivity index (χ1) is 7.00. The fourth-order valence-corrected chi connectivity index (χ4v) is 1.30. The smallest absolute Gasteiger partial charge is 0.174 e. The maximum atomic E-state index is 7.73.